The predicted octanol–water partition coefficient (Wildman–Crippen LogP) is 2.45. The molecule has 0 aromatic heterocycles. The van der Waals surface area contributed by atoms with E-state index >= 15 is 0 Å². The van der Waals surface area contributed by atoms with Crippen LogP contribution in [-0.4, -0.2) is 86.7 Å². The van der Waals surface area contributed by atoms with Crippen LogP contribution in [0.5, 0.6) is 0 Å². The number of thioether (sulfide) groups is 1. The summed E-state index contributed by atoms with van der Waals surface area (Å²) < 4.78 is 19.0. The molecule has 0 bridgehead atoms. The smallest absolute Gasteiger partial charge is 0.331 e. The molecule has 1 spiro atoms. The molecule has 232 valence electrons. The molecular formula is C32H45NO8S. The topological polar surface area (TPSA) is 135 Å². The average molecular weight is 604 g/mol. The molecule has 0 aromatic rings. The van der Waals surface area contributed by atoms with Crippen molar-refractivity contribution in [1.82, 2.24) is 5.32 Å². The SMILES string of the molecule is C[C@H]1CC2O[C@@H]3C[C@@]4(O)CCC5[C@H](CC[C@]6(C)[C@@H](C7=CC(=O)OC7)CC[C@]56O)[C@@]4(CO)C[C@H]3OC2C2(C1)NC(=O)CS2. The molecule has 0 radical (unpaired) electrons. The van der Waals surface area contributed by atoms with Gasteiger partial charge in [0.25, 0.3) is 0 Å². The van der Waals surface area contributed by atoms with Gasteiger partial charge in [0.1, 0.15) is 17.6 Å². The van der Waals surface area contributed by atoms with Crippen molar-refractivity contribution >= 4 is 23.6 Å². The van der Waals surface area contributed by atoms with Crippen LogP contribution in [0, 0.1) is 34.5 Å². The van der Waals surface area contributed by atoms with Crippen molar-refractivity contribution < 1.29 is 39.1 Å². The number of carbonyl (C=O) groups excluding carboxylic acids is 2. The zero-order valence-electron chi connectivity index (χ0n) is 24.7. The van der Waals surface area contributed by atoms with Crippen molar-refractivity contribution in [2.45, 2.75) is 119 Å². The number of rotatable bonds is 2. The van der Waals surface area contributed by atoms with Gasteiger partial charge in [0.2, 0.25) is 5.91 Å². The Balaban J connectivity index is 1.10. The molecule has 7 fully saturated rings. The van der Waals surface area contributed by atoms with Crippen LogP contribution in [0.4, 0.5) is 0 Å². The Morgan fingerprint density at radius 3 is 2.50 bits per heavy atom. The van der Waals surface area contributed by atoms with Crippen molar-refractivity contribution in [3.05, 3.63) is 11.6 Å². The number of ether oxygens (including phenoxy) is 3. The molecule has 3 heterocycles. The van der Waals surface area contributed by atoms with Gasteiger partial charge < -0.3 is 34.8 Å². The van der Waals surface area contributed by atoms with Gasteiger partial charge in [0, 0.05) is 23.3 Å². The summed E-state index contributed by atoms with van der Waals surface area (Å²) in [6, 6.07) is 0. The normalized spacial score (nSPS) is 56.5. The molecule has 3 aliphatic heterocycles. The van der Waals surface area contributed by atoms with Crippen LogP contribution >= 0.6 is 11.8 Å². The Morgan fingerprint density at radius 2 is 1.79 bits per heavy atom. The summed E-state index contributed by atoms with van der Waals surface area (Å²) >= 11 is 1.64. The van der Waals surface area contributed by atoms with E-state index in [4.69, 9.17) is 14.2 Å². The lowest BCUT2D eigenvalue weighted by atomic mass is 9.41. The van der Waals surface area contributed by atoms with E-state index in [-0.39, 0.29) is 60.7 Å². The maximum absolute atomic E-state index is 12.6. The van der Waals surface area contributed by atoms with Gasteiger partial charge in [0.05, 0.1) is 41.9 Å². The van der Waals surface area contributed by atoms with Crippen LogP contribution in [0.3, 0.4) is 0 Å². The molecule has 5 saturated carbocycles. The second kappa shape index (κ2) is 9.19. The first-order valence-corrected chi connectivity index (χ1v) is 17.1. The largest absolute Gasteiger partial charge is 0.458 e. The van der Waals surface area contributed by atoms with E-state index in [1.165, 1.54) is 0 Å². The minimum Gasteiger partial charge on any atom is -0.458 e. The second-order valence-electron chi connectivity index (χ2n) is 15.4. The number of nitrogens with one attached hydrogen (secondary N) is 1. The number of amides is 1. The molecule has 9 nitrogen and oxygen atoms in total. The Bertz CT molecular complexity index is 1230. The third-order valence-electron chi connectivity index (χ3n) is 13.7. The molecule has 42 heavy (non-hydrogen) atoms. The van der Waals surface area contributed by atoms with Gasteiger partial charge in [-0.2, -0.15) is 0 Å². The van der Waals surface area contributed by atoms with E-state index in [1.54, 1.807) is 17.8 Å². The lowest BCUT2D eigenvalue weighted by molar-refractivity contribution is -0.326. The lowest BCUT2D eigenvalue weighted by Gasteiger charge is -2.68. The molecule has 4 unspecified atom stereocenters. The van der Waals surface area contributed by atoms with Gasteiger partial charge in [0.15, 0.2) is 0 Å². The number of aliphatic hydroxyl groups excluding tert-OH is 1. The van der Waals surface area contributed by atoms with Crippen molar-refractivity contribution in [1.29, 1.82) is 0 Å². The van der Waals surface area contributed by atoms with Crippen LogP contribution < -0.4 is 5.32 Å². The third-order valence-corrected chi connectivity index (χ3v) is 15.1. The zero-order valence-corrected chi connectivity index (χ0v) is 25.5. The van der Waals surface area contributed by atoms with Gasteiger partial charge in [-0.05, 0) is 87.0 Å². The number of hydrogen-bond donors (Lipinski definition) is 4. The van der Waals surface area contributed by atoms with Crippen molar-refractivity contribution in [2.75, 3.05) is 19.0 Å². The number of cyclic esters (lactones) is 1. The van der Waals surface area contributed by atoms with E-state index in [1.807, 2.05) is 0 Å². The summed E-state index contributed by atoms with van der Waals surface area (Å²) in [6.07, 6.45) is 7.45. The van der Waals surface area contributed by atoms with E-state index in [0.29, 0.717) is 50.4 Å². The molecule has 13 atom stereocenters. The molecule has 5 aliphatic carbocycles. The van der Waals surface area contributed by atoms with Crippen molar-refractivity contribution in [3.63, 3.8) is 0 Å². The summed E-state index contributed by atoms with van der Waals surface area (Å²) in [5.41, 5.74) is -2.26. The highest BCUT2D eigenvalue weighted by Crippen LogP contribution is 2.71. The van der Waals surface area contributed by atoms with Gasteiger partial charge in [-0.1, -0.05) is 13.8 Å². The molecule has 8 rings (SSSR count). The van der Waals surface area contributed by atoms with E-state index in [0.717, 1.165) is 37.7 Å². The molecule has 0 aromatic carbocycles. The fraction of sp³-hybridized carbons (Fsp3) is 0.875. The summed E-state index contributed by atoms with van der Waals surface area (Å²) in [7, 11) is 0. The highest BCUT2D eigenvalue weighted by Gasteiger charge is 2.73. The van der Waals surface area contributed by atoms with Crippen LogP contribution in [0.1, 0.15) is 78.1 Å². The summed E-state index contributed by atoms with van der Waals surface area (Å²) in [5, 5.41) is 39.6. The maximum atomic E-state index is 12.6. The molecule has 10 heteroatoms. The minimum atomic E-state index is -1.11. The van der Waals surface area contributed by atoms with E-state index in [9.17, 15) is 24.9 Å². The predicted molar refractivity (Wildman–Crippen MR) is 153 cm³/mol. The van der Waals surface area contributed by atoms with E-state index < -0.39 is 26.9 Å². The first-order valence-electron chi connectivity index (χ1n) is 16.1. The summed E-state index contributed by atoms with van der Waals surface area (Å²) in [5.74, 6) is 0.520. The minimum absolute atomic E-state index is 0.0382. The van der Waals surface area contributed by atoms with Gasteiger partial charge >= 0.3 is 5.97 Å². The van der Waals surface area contributed by atoms with Crippen LogP contribution in [0.25, 0.3) is 0 Å². The quantitative estimate of drug-likeness (QED) is 0.351. The number of carbonyl (C=O) groups is 2. The third kappa shape index (κ3) is 3.57. The first-order chi connectivity index (χ1) is 20.0. The Morgan fingerprint density at radius 1 is 1.00 bits per heavy atom. The van der Waals surface area contributed by atoms with Crippen molar-refractivity contribution in [3.8, 4) is 0 Å². The molecule has 4 N–H and O–H groups in total. The zero-order chi connectivity index (χ0) is 29.3. The van der Waals surface area contributed by atoms with Gasteiger partial charge in [-0.15, -0.1) is 11.8 Å². The first kappa shape index (κ1) is 28.3. The number of esters is 1. The van der Waals surface area contributed by atoms with Gasteiger partial charge in [-0.3, -0.25) is 4.79 Å². The second-order valence-corrected chi connectivity index (χ2v) is 16.7. The van der Waals surface area contributed by atoms with E-state index in [2.05, 4.69) is 19.2 Å². The standard InChI is InChI=1S/C32H45NO8S/c1-17-9-22-27(32(11-17)33-25(35)15-42-32)41-23-12-29(16-34)20-3-6-28(2)19(18-10-26(36)39-14-18)5-8-31(28,38)21(20)4-7-30(29,37)13-24(23)40-22/h10,17,19-24,27,34,37-38H,3-9,11-16H2,1-2H3,(H,33,35)/t17-,19+,20-,21?,22?,23+,24+,27?,28+,29-,30-,31-,32?/m0/s1. The Labute approximate surface area is 251 Å². The highest BCUT2D eigenvalue weighted by molar-refractivity contribution is 8.01. The molecule has 1 amide bonds. The maximum Gasteiger partial charge on any atom is 0.331 e. The lowest BCUT2D eigenvalue weighted by Crippen LogP contribution is -2.73. The number of hydrogen-bond acceptors (Lipinski definition) is 9. The fourth-order valence-corrected chi connectivity index (χ4v) is 13.2. The summed E-state index contributed by atoms with van der Waals surface area (Å²) in [6.45, 7) is 4.53. The molecule has 2 saturated heterocycles. The molecular weight excluding hydrogens is 558 g/mol. The van der Waals surface area contributed by atoms with Crippen LogP contribution in [0.2, 0.25) is 0 Å². The average Bonchev–Trinajstić information content (AvgIpc) is 3.61. The number of fused-ring (bicyclic) bond motifs is 8. The monoisotopic (exact) mass is 603 g/mol. The van der Waals surface area contributed by atoms with Gasteiger partial charge in [-0.25, -0.2) is 4.79 Å². The van der Waals surface area contributed by atoms with Crippen molar-refractivity contribution in [2.24, 2.45) is 34.5 Å². The fourth-order valence-electron chi connectivity index (χ4n) is 11.8. The Kier molecular flexibility index (Phi) is 6.20. The van der Waals surface area contributed by atoms with Crippen LogP contribution in [0.15, 0.2) is 11.6 Å². The number of aliphatic hydroxyl groups is 3. The highest BCUT2D eigenvalue weighted by atomic mass is 32.2. The van der Waals surface area contributed by atoms with Crippen LogP contribution in [-0.2, 0) is 23.8 Å². The summed E-state index contributed by atoms with van der Waals surface area (Å²) in [4.78, 5) is 23.8. The molecule has 8 aliphatic rings. The Hall–Kier alpha value is -1.17.